The maximum atomic E-state index is 14.2. The van der Waals surface area contributed by atoms with Crippen molar-refractivity contribution in [1.82, 2.24) is 0 Å². The summed E-state index contributed by atoms with van der Waals surface area (Å²) < 4.78 is 19.2. The molecule has 0 saturated carbocycles. The van der Waals surface area contributed by atoms with Gasteiger partial charge in [0.15, 0.2) is 11.6 Å². The predicted octanol–water partition coefficient (Wildman–Crippen LogP) is 2.91. The summed E-state index contributed by atoms with van der Waals surface area (Å²) in [6.45, 7) is 0. The first kappa shape index (κ1) is 13.1. The zero-order valence-electron chi connectivity index (χ0n) is 11.4. The third kappa shape index (κ3) is 2.29. The highest BCUT2D eigenvalue weighted by Gasteiger charge is 2.35. The van der Waals surface area contributed by atoms with Crippen molar-refractivity contribution in [2.45, 2.75) is 24.9 Å². The first-order valence-corrected chi connectivity index (χ1v) is 6.72. The molecule has 0 radical (unpaired) electrons. The number of fused-ring (bicyclic) bond motifs is 1. The van der Waals surface area contributed by atoms with Crippen LogP contribution in [0.3, 0.4) is 0 Å². The van der Waals surface area contributed by atoms with E-state index in [0.29, 0.717) is 24.8 Å². The Morgan fingerprint density at radius 2 is 1.75 bits per heavy atom. The van der Waals surface area contributed by atoms with Gasteiger partial charge in [-0.25, -0.2) is 4.39 Å². The van der Waals surface area contributed by atoms with Crippen LogP contribution < -0.4 is 4.74 Å². The molecule has 1 N–H and O–H groups in total. The highest BCUT2D eigenvalue weighted by atomic mass is 19.1. The van der Waals surface area contributed by atoms with Crippen LogP contribution in [-0.4, -0.2) is 17.8 Å². The third-order valence-electron chi connectivity index (χ3n) is 3.94. The van der Waals surface area contributed by atoms with E-state index in [4.69, 9.17) is 4.74 Å². The zero-order valence-corrected chi connectivity index (χ0v) is 11.4. The lowest BCUT2D eigenvalue weighted by Gasteiger charge is -2.23. The second-order valence-corrected chi connectivity index (χ2v) is 5.46. The molecule has 0 aromatic heterocycles. The summed E-state index contributed by atoms with van der Waals surface area (Å²) in [7, 11) is 1.45. The Balaban J connectivity index is 1.86. The maximum absolute atomic E-state index is 14.2. The summed E-state index contributed by atoms with van der Waals surface area (Å²) in [5.74, 6) is -0.152. The normalized spacial score (nSPS) is 15.9. The highest BCUT2D eigenvalue weighted by Crippen LogP contribution is 2.34. The molecule has 0 heterocycles. The minimum Gasteiger partial charge on any atom is -0.494 e. The van der Waals surface area contributed by atoms with Crippen LogP contribution in [0.15, 0.2) is 42.5 Å². The van der Waals surface area contributed by atoms with E-state index in [0.717, 1.165) is 11.1 Å². The second-order valence-electron chi connectivity index (χ2n) is 5.46. The van der Waals surface area contributed by atoms with Gasteiger partial charge in [-0.3, -0.25) is 0 Å². The summed E-state index contributed by atoms with van der Waals surface area (Å²) >= 11 is 0. The monoisotopic (exact) mass is 272 g/mol. The molecule has 3 heteroatoms. The molecule has 0 unspecified atom stereocenters. The fourth-order valence-corrected chi connectivity index (χ4v) is 3.00. The predicted molar refractivity (Wildman–Crippen MR) is 75.5 cm³/mol. The molecule has 0 bridgehead atoms. The van der Waals surface area contributed by atoms with Gasteiger partial charge >= 0.3 is 0 Å². The van der Waals surface area contributed by atoms with Gasteiger partial charge in [0.05, 0.1) is 12.7 Å². The number of rotatable bonds is 3. The molecule has 0 saturated heterocycles. The average Bonchev–Trinajstić information content (AvgIpc) is 2.77. The Morgan fingerprint density at radius 1 is 1.10 bits per heavy atom. The van der Waals surface area contributed by atoms with Gasteiger partial charge in [-0.2, -0.15) is 0 Å². The SMILES string of the molecule is COc1cccc(CC2(O)Cc3ccccc3C2)c1F. The summed E-state index contributed by atoms with van der Waals surface area (Å²) in [6.07, 6.45) is 1.43. The molecule has 20 heavy (non-hydrogen) atoms. The molecule has 0 fully saturated rings. The Labute approximate surface area is 117 Å². The van der Waals surface area contributed by atoms with Crippen molar-refractivity contribution in [3.8, 4) is 5.75 Å². The summed E-state index contributed by atoms with van der Waals surface area (Å²) in [5, 5.41) is 10.7. The largest absolute Gasteiger partial charge is 0.494 e. The van der Waals surface area contributed by atoms with Crippen LogP contribution in [0.2, 0.25) is 0 Å². The van der Waals surface area contributed by atoms with Gasteiger partial charge < -0.3 is 9.84 Å². The Kier molecular flexibility index (Phi) is 3.22. The van der Waals surface area contributed by atoms with Gasteiger partial charge in [0.25, 0.3) is 0 Å². The van der Waals surface area contributed by atoms with Crippen molar-refractivity contribution >= 4 is 0 Å². The summed E-state index contributed by atoms with van der Waals surface area (Å²) in [4.78, 5) is 0. The van der Waals surface area contributed by atoms with E-state index in [1.165, 1.54) is 7.11 Å². The van der Waals surface area contributed by atoms with E-state index >= 15 is 0 Å². The van der Waals surface area contributed by atoms with Crippen LogP contribution in [0.5, 0.6) is 5.75 Å². The van der Waals surface area contributed by atoms with Gasteiger partial charge in [0.1, 0.15) is 0 Å². The number of hydrogen-bond acceptors (Lipinski definition) is 2. The number of benzene rings is 2. The lowest BCUT2D eigenvalue weighted by Crippen LogP contribution is -2.32. The molecule has 3 rings (SSSR count). The van der Waals surface area contributed by atoms with Crippen LogP contribution in [-0.2, 0) is 19.3 Å². The van der Waals surface area contributed by atoms with E-state index in [1.54, 1.807) is 18.2 Å². The van der Waals surface area contributed by atoms with E-state index in [2.05, 4.69) is 0 Å². The van der Waals surface area contributed by atoms with Crippen molar-refractivity contribution in [2.24, 2.45) is 0 Å². The molecule has 0 spiro atoms. The van der Waals surface area contributed by atoms with Gasteiger partial charge in [0.2, 0.25) is 0 Å². The van der Waals surface area contributed by atoms with Gasteiger partial charge in [-0.15, -0.1) is 0 Å². The van der Waals surface area contributed by atoms with Crippen molar-refractivity contribution in [2.75, 3.05) is 7.11 Å². The Hall–Kier alpha value is -1.87. The van der Waals surface area contributed by atoms with E-state index in [9.17, 15) is 9.50 Å². The van der Waals surface area contributed by atoms with E-state index < -0.39 is 5.60 Å². The molecule has 2 nitrogen and oxygen atoms in total. The molecule has 0 atom stereocenters. The summed E-state index contributed by atoms with van der Waals surface area (Å²) in [6, 6.07) is 13.0. The smallest absolute Gasteiger partial charge is 0.168 e. The molecule has 2 aromatic rings. The van der Waals surface area contributed by atoms with Crippen molar-refractivity contribution in [3.63, 3.8) is 0 Å². The number of aliphatic hydroxyl groups is 1. The molecule has 0 amide bonds. The van der Waals surface area contributed by atoms with Crippen molar-refractivity contribution in [1.29, 1.82) is 0 Å². The lowest BCUT2D eigenvalue weighted by atomic mass is 9.91. The van der Waals surface area contributed by atoms with Gasteiger partial charge in [-0.05, 0) is 22.8 Å². The fourth-order valence-electron chi connectivity index (χ4n) is 3.00. The fraction of sp³-hybridized carbons (Fsp3) is 0.294. The average molecular weight is 272 g/mol. The molecule has 2 aromatic carbocycles. The van der Waals surface area contributed by atoms with Gasteiger partial charge in [-0.1, -0.05) is 36.4 Å². The lowest BCUT2D eigenvalue weighted by molar-refractivity contribution is 0.0508. The second kappa shape index (κ2) is 4.91. The molecule has 1 aliphatic carbocycles. The molecule has 104 valence electrons. The molecular weight excluding hydrogens is 255 g/mol. The number of halogens is 1. The Bertz CT molecular complexity index is 612. The third-order valence-corrected chi connectivity index (χ3v) is 3.94. The number of ether oxygens (including phenoxy) is 1. The van der Waals surface area contributed by atoms with Crippen LogP contribution >= 0.6 is 0 Å². The standard InChI is InChI=1S/C17H17FO2/c1-20-15-8-4-7-14(16(15)18)11-17(19)9-12-5-2-3-6-13(12)10-17/h2-8,19H,9-11H2,1H3. The van der Waals surface area contributed by atoms with Crippen LogP contribution in [0.4, 0.5) is 4.39 Å². The Morgan fingerprint density at radius 3 is 2.35 bits per heavy atom. The highest BCUT2D eigenvalue weighted by molar-refractivity contribution is 5.38. The zero-order chi connectivity index (χ0) is 14.2. The van der Waals surface area contributed by atoms with Crippen LogP contribution in [0, 0.1) is 5.82 Å². The topological polar surface area (TPSA) is 29.5 Å². The van der Waals surface area contributed by atoms with E-state index in [1.807, 2.05) is 24.3 Å². The van der Waals surface area contributed by atoms with E-state index in [-0.39, 0.29) is 11.6 Å². The minimum absolute atomic E-state index is 0.224. The van der Waals surface area contributed by atoms with Crippen LogP contribution in [0.1, 0.15) is 16.7 Å². The first-order valence-electron chi connectivity index (χ1n) is 6.72. The molecule has 1 aliphatic rings. The quantitative estimate of drug-likeness (QED) is 0.931. The molecule has 0 aliphatic heterocycles. The molecular formula is C17H17FO2. The number of methoxy groups -OCH3 is 1. The van der Waals surface area contributed by atoms with Crippen molar-refractivity contribution < 1.29 is 14.2 Å². The van der Waals surface area contributed by atoms with Crippen LogP contribution in [0.25, 0.3) is 0 Å². The first-order chi connectivity index (χ1) is 9.61. The van der Waals surface area contributed by atoms with Crippen molar-refractivity contribution in [3.05, 3.63) is 65.0 Å². The number of hydrogen-bond donors (Lipinski definition) is 1. The maximum Gasteiger partial charge on any atom is 0.168 e. The minimum atomic E-state index is -0.906. The summed E-state index contributed by atoms with van der Waals surface area (Å²) in [5.41, 5.74) is 1.90. The van der Waals surface area contributed by atoms with Gasteiger partial charge in [0, 0.05) is 19.3 Å².